The number of likely N-dealkylation sites (N-methyl/N-ethyl adjacent to an activating group) is 1. The van der Waals surface area contributed by atoms with Crippen LogP contribution in [0.4, 0.5) is 14.6 Å². The van der Waals surface area contributed by atoms with Crippen molar-refractivity contribution in [1.29, 1.82) is 0 Å². The van der Waals surface area contributed by atoms with Gasteiger partial charge in [-0.05, 0) is 25.6 Å². The van der Waals surface area contributed by atoms with Gasteiger partial charge in [-0.25, -0.2) is 23.3 Å². The summed E-state index contributed by atoms with van der Waals surface area (Å²) in [6.45, 7) is 2.15. The second-order valence-corrected chi connectivity index (χ2v) is 8.16. The second-order valence-electron chi connectivity index (χ2n) is 8.16. The number of fused-ring (bicyclic) bond motifs is 1. The fourth-order valence-electron chi connectivity index (χ4n) is 4.07. The van der Waals surface area contributed by atoms with E-state index >= 15 is 0 Å². The third-order valence-electron chi connectivity index (χ3n) is 5.66. The Labute approximate surface area is 193 Å². The Bertz CT molecular complexity index is 1250. The first-order chi connectivity index (χ1) is 16.4. The summed E-state index contributed by atoms with van der Waals surface area (Å²) >= 11 is 0. The maximum Gasteiger partial charge on any atom is 0.277 e. The smallest absolute Gasteiger partial charge is 0.277 e. The number of amides is 1. The first-order valence-corrected chi connectivity index (χ1v) is 10.7. The fourth-order valence-corrected chi connectivity index (χ4v) is 4.07. The van der Waals surface area contributed by atoms with Gasteiger partial charge in [0.15, 0.2) is 28.9 Å². The molecule has 178 valence electrons. The summed E-state index contributed by atoms with van der Waals surface area (Å²) in [5.41, 5.74) is 8.49. The van der Waals surface area contributed by atoms with Crippen LogP contribution >= 0.6 is 0 Å². The van der Waals surface area contributed by atoms with Gasteiger partial charge in [-0.3, -0.25) is 15.2 Å². The lowest BCUT2D eigenvalue weighted by molar-refractivity contribution is 0.0795. The standard InChI is InChI=1S/C21H23F2N9O2/c1-29-5-2-15(11-29)34-14-3-6-30(7-4-14)21-16(23)9-25-12-32(21)28-20(33)17-18(24)27-31-10-13(22)8-26-19(17)31/h3-4,6,8-10,15H,2,5,7,11-12H2,1H3,(H2,24,27)(H,28,33)/t15-/m1/s1. The summed E-state index contributed by atoms with van der Waals surface area (Å²) in [7, 11) is 2.05. The highest BCUT2D eigenvalue weighted by molar-refractivity contribution is 6.04. The Morgan fingerprint density at radius 3 is 2.94 bits per heavy atom. The molecule has 1 amide bonds. The minimum atomic E-state index is -0.681. The number of nitrogens with zero attached hydrogens (tertiary/aromatic N) is 7. The summed E-state index contributed by atoms with van der Waals surface area (Å²) in [6.07, 6.45) is 9.49. The van der Waals surface area contributed by atoms with E-state index in [4.69, 9.17) is 10.5 Å². The highest BCUT2D eigenvalue weighted by Gasteiger charge is 2.28. The van der Waals surface area contributed by atoms with Crippen LogP contribution in [0, 0.1) is 5.82 Å². The molecule has 0 bridgehead atoms. The van der Waals surface area contributed by atoms with E-state index in [2.05, 4.69) is 25.4 Å². The lowest BCUT2D eigenvalue weighted by Crippen LogP contribution is -2.47. The Balaban J connectivity index is 1.31. The van der Waals surface area contributed by atoms with Crippen molar-refractivity contribution >= 4 is 23.6 Å². The number of carbonyl (C=O) groups excluding carboxylic acids is 1. The number of allylic oxidation sites excluding steroid dienone is 2. The SMILES string of the molecule is CN1CC[C@@H](OC2=CCN(C3=C(F)C=NCN3NC(=O)c3c(N)nn4cc(F)cnc34)C=C2)C1. The number of carbonyl (C=O) groups is 1. The molecule has 0 spiro atoms. The molecule has 1 atom stereocenters. The Morgan fingerprint density at radius 2 is 2.21 bits per heavy atom. The zero-order valence-corrected chi connectivity index (χ0v) is 18.4. The van der Waals surface area contributed by atoms with Crippen LogP contribution in [-0.4, -0.2) is 81.0 Å². The number of nitrogens with two attached hydrogens (primary N) is 1. The van der Waals surface area contributed by atoms with E-state index in [1.807, 2.05) is 13.1 Å². The molecular weight excluding hydrogens is 448 g/mol. The van der Waals surface area contributed by atoms with Crippen molar-refractivity contribution < 1.29 is 18.3 Å². The Morgan fingerprint density at radius 1 is 1.35 bits per heavy atom. The van der Waals surface area contributed by atoms with Gasteiger partial charge in [-0.15, -0.1) is 5.10 Å². The van der Waals surface area contributed by atoms with Crippen LogP contribution < -0.4 is 11.2 Å². The van der Waals surface area contributed by atoms with Crippen molar-refractivity contribution in [2.24, 2.45) is 4.99 Å². The number of ether oxygens (including phenoxy) is 1. The summed E-state index contributed by atoms with van der Waals surface area (Å²) in [5, 5.41) is 5.18. The van der Waals surface area contributed by atoms with E-state index in [-0.39, 0.29) is 35.6 Å². The molecule has 3 aliphatic heterocycles. The van der Waals surface area contributed by atoms with Crippen LogP contribution in [0.2, 0.25) is 0 Å². The van der Waals surface area contributed by atoms with Crippen LogP contribution in [0.1, 0.15) is 16.8 Å². The molecule has 2 aromatic rings. The maximum absolute atomic E-state index is 14.8. The number of nitrogen functional groups attached to an aromatic ring is 1. The van der Waals surface area contributed by atoms with Crippen LogP contribution in [0.3, 0.4) is 0 Å². The molecule has 2 aromatic heterocycles. The largest absolute Gasteiger partial charge is 0.489 e. The molecule has 0 saturated carbocycles. The Hall–Kier alpha value is -4.00. The highest BCUT2D eigenvalue weighted by atomic mass is 19.1. The van der Waals surface area contributed by atoms with Crippen LogP contribution in [0.25, 0.3) is 5.65 Å². The lowest BCUT2D eigenvalue weighted by Gasteiger charge is -2.35. The molecule has 5 rings (SSSR count). The molecule has 0 aliphatic carbocycles. The van der Waals surface area contributed by atoms with E-state index in [9.17, 15) is 13.6 Å². The monoisotopic (exact) mass is 471 g/mol. The van der Waals surface area contributed by atoms with Gasteiger partial charge in [0, 0.05) is 25.8 Å². The van der Waals surface area contributed by atoms with Gasteiger partial charge in [-0.2, -0.15) is 0 Å². The average Bonchev–Trinajstić information content (AvgIpc) is 3.35. The number of likely N-dealkylation sites (tertiary alicyclic amines) is 1. The summed E-state index contributed by atoms with van der Waals surface area (Å²) in [4.78, 5) is 24.7. The van der Waals surface area contributed by atoms with Crippen LogP contribution in [0.5, 0.6) is 0 Å². The highest BCUT2D eigenvalue weighted by Crippen LogP contribution is 2.24. The van der Waals surface area contributed by atoms with Gasteiger partial charge in [0.2, 0.25) is 0 Å². The van der Waals surface area contributed by atoms with Gasteiger partial charge >= 0.3 is 0 Å². The van der Waals surface area contributed by atoms with Gasteiger partial charge < -0.3 is 20.3 Å². The maximum atomic E-state index is 14.8. The summed E-state index contributed by atoms with van der Waals surface area (Å²) in [5.74, 6) is -1.26. The molecule has 0 unspecified atom stereocenters. The van der Waals surface area contributed by atoms with Crippen LogP contribution in [-0.2, 0) is 4.74 Å². The number of hydrazine groups is 1. The van der Waals surface area contributed by atoms with Crippen LogP contribution in [0.15, 0.2) is 53.1 Å². The molecular formula is C21H23F2N9O2. The predicted octanol–water partition coefficient (Wildman–Crippen LogP) is 1.01. The quantitative estimate of drug-likeness (QED) is 0.664. The number of rotatable bonds is 5. The number of aromatic nitrogens is 3. The van der Waals surface area contributed by atoms with Gasteiger partial charge in [0.1, 0.15) is 24.1 Å². The van der Waals surface area contributed by atoms with Gasteiger partial charge in [0.25, 0.3) is 5.91 Å². The van der Waals surface area contributed by atoms with E-state index in [1.165, 1.54) is 5.01 Å². The molecule has 34 heavy (non-hydrogen) atoms. The van der Waals surface area contributed by atoms with E-state index in [0.717, 1.165) is 48.4 Å². The summed E-state index contributed by atoms with van der Waals surface area (Å²) in [6, 6.07) is 0. The molecule has 3 aliphatic rings. The normalized spacial score (nSPS) is 20.9. The van der Waals surface area contributed by atoms with E-state index < -0.39 is 17.6 Å². The van der Waals surface area contributed by atoms with Crippen molar-refractivity contribution in [3.8, 4) is 0 Å². The minimum absolute atomic E-state index is 0.0263. The number of hydrogen-bond donors (Lipinski definition) is 2. The van der Waals surface area contributed by atoms with Crippen molar-refractivity contribution in [2.75, 3.05) is 39.1 Å². The zero-order chi connectivity index (χ0) is 23.8. The zero-order valence-electron chi connectivity index (χ0n) is 18.4. The first-order valence-electron chi connectivity index (χ1n) is 10.7. The average molecular weight is 471 g/mol. The van der Waals surface area contributed by atoms with Gasteiger partial charge in [0.05, 0.1) is 18.6 Å². The topological polar surface area (TPSA) is 117 Å². The number of halogens is 2. The van der Waals surface area contributed by atoms with Gasteiger partial charge in [-0.1, -0.05) is 0 Å². The predicted molar refractivity (Wildman–Crippen MR) is 119 cm³/mol. The molecule has 3 N–H and O–H groups in total. The minimum Gasteiger partial charge on any atom is -0.489 e. The molecule has 13 heteroatoms. The van der Waals surface area contributed by atoms with E-state index in [1.54, 1.807) is 17.2 Å². The first kappa shape index (κ1) is 21.8. The van der Waals surface area contributed by atoms with Crippen molar-refractivity contribution in [3.63, 3.8) is 0 Å². The summed E-state index contributed by atoms with van der Waals surface area (Å²) < 4.78 is 35.4. The molecule has 11 nitrogen and oxygen atoms in total. The fraction of sp³-hybridized carbons (Fsp3) is 0.333. The molecule has 1 saturated heterocycles. The number of aliphatic imine (C=N–C) groups is 1. The van der Waals surface area contributed by atoms with E-state index in [0.29, 0.717) is 6.54 Å². The molecule has 1 fully saturated rings. The second kappa shape index (κ2) is 8.74. The number of hydrogen-bond acceptors (Lipinski definition) is 9. The molecule has 5 heterocycles. The number of anilines is 1. The van der Waals surface area contributed by atoms with Crippen molar-refractivity contribution in [3.05, 3.63) is 59.5 Å². The third kappa shape index (κ3) is 4.17. The van der Waals surface area contributed by atoms with Crippen molar-refractivity contribution in [1.82, 2.24) is 34.8 Å². The molecule has 0 aromatic carbocycles. The lowest BCUT2D eigenvalue weighted by atomic mass is 10.2. The Kier molecular flexibility index (Phi) is 5.61. The number of nitrogens with one attached hydrogen (secondary N) is 1. The molecule has 0 radical (unpaired) electrons. The third-order valence-corrected chi connectivity index (χ3v) is 5.66. The van der Waals surface area contributed by atoms with Crippen molar-refractivity contribution in [2.45, 2.75) is 12.5 Å².